The molecule has 1 saturated carbocycles. The van der Waals surface area contributed by atoms with Gasteiger partial charge < -0.3 is 20.6 Å². The van der Waals surface area contributed by atoms with Crippen LogP contribution in [0.1, 0.15) is 72.8 Å². The molecule has 1 fully saturated rings. The van der Waals surface area contributed by atoms with Crippen molar-refractivity contribution in [1.82, 2.24) is 19.5 Å². The molecule has 1 aliphatic carbocycles. The predicted octanol–water partition coefficient (Wildman–Crippen LogP) is 6.27. The topological polar surface area (TPSA) is 114 Å². The second-order valence-corrected chi connectivity index (χ2v) is 10.7. The lowest BCUT2D eigenvalue weighted by atomic mass is 9.84. The van der Waals surface area contributed by atoms with E-state index >= 15 is 0 Å². The highest BCUT2D eigenvalue weighted by Crippen LogP contribution is 2.41. The monoisotopic (exact) mass is 563 g/mol. The van der Waals surface area contributed by atoms with Crippen LogP contribution in [0.4, 0.5) is 18.9 Å². The van der Waals surface area contributed by atoms with E-state index in [9.17, 15) is 18.0 Å². The quantitative estimate of drug-likeness (QED) is 0.219. The van der Waals surface area contributed by atoms with E-state index in [0.29, 0.717) is 11.3 Å². The van der Waals surface area contributed by atoms with E-state index in [1.54, 1.807) is 29.4 Å². The maximum absolute atomic E-state index is 14.8. The molecule has 5 rings (SSSR count). The smallest absolute Gasteiger partial charge is 0.275 e. The van der Waals surface area contributed by atoms with E-state index in [2.05, 4.69) is 25.3 Å². The molecule has 41 heavy (non-hydrogen) atoms. The van der Waals surface area contributed by atoms with Crippen LogP contribution in [0.3, 0.4) is 0 Å². The Morgan fingerprint density at radius 2 is 2.05 bits per heavy atom. The number of amides is 1. The normalized spacial score (nSPS) is 16.2. The number of hydrogen-bond donors (Lipinski definition) is 3. The maximum atomic E-state index is 14.8. The lowest BCUT2D eigenvalue weighted by Crippen LogP contribution is -2.24. The Kier molecular flexibility index (Phi) is 7.96. The zero-order valence-electron chi connectivity index (χ0n) is 22.9. The van der Waals surface area contributed by atoms with Crippen LogP contribution in [0.2, 0.25) is 0 Å². The number of rotatable bonds is 8. The van der Waals surface area contributed by atoms with Gasteiger partial charge in [-0.25, -0.2) is 18.2 Å². The van der Waals surface area contributed by atoms with E-state index in [1.165, 1.54) is 18.6 Å². The van der Waals surface area contributed by atoms with E-state index in [1.807, 2.05) is 32.0 Å². The summed E-state index contributed by atoms with van der Waals surface area (Å²) in [7, 11) is 0. The fourth-order valence-corrected chi connectivity index (χ4v) is 5.00. The van der Waals surface area contributed by atoms with Gasteiger partial charge in [0.15, 0.2) is 0 Å². The number of halogens is 3. The molecular weight excluding hydrogens is 531 g/mol. The van der Waals surface area contributed by atoms with Crippen molar-refractivity contribution in [3.05, 3.63) is 83.7 Å². The average molecular weight is 564 g/mol. The van der Waals surface area contributed by atoms with Crippen molar-refractivity contribution in [2.24, 2.45) is 10.7 Å². The number of H-pyrrole nitrogens is 1. The third-order valence-electron chi connectivity index (χ3n) is 7.22. The Balaban J connectivity index is 1.26. The molecule has 0 aliphatic heterocycles. The van der Waals surface area contributed by atoms with Crippen molar-refractivity contribution < 1.29 is 18.0 Å². The molecule has 0 saturated heterocycles. The molecule has 3 aromatic heterocycles. The van der Waals surface area contributed by atoms with Gasteiger partial charge in [-0.3, -0.25) is 14.8 Å². The van der Waals surface area contributed by atoms with E-state index in [-0.39, 0.29) is 55.6 Å². The molecule has 1 aromatic carbocycles. The van der Waals surface area contributed by atoms with Crippen molar-refractivity contribution in [2.75, 3.05) is 5.32 Å². The number of aliphatic imine (C=N–C) groups is 1. The van der Waals surface area contributed by atoms with Gasteiger partial charge in [0.2, 0.25) is 5.92 Å². The van der Waals surface area contributed by atoms with Gasteiger partial charge in [0.1, 0.15) is 11.5 Å². The van der Waals surface area contributed by atoms with Gasteiger partial charge in [-0.2, -0.15) is 0 Å². The molecule has 0 unspecified atom stereocenters. The lowest BCUT2D eigenvalue weighted by Gasteiger charge is -2.28. The van der Waals surface area contributed by atoms with Crippen LogP contribution < -0.4 is 11.1 Å². The van der Waals surface area contributed by atoms with Gasteiger partial charge in [0.25, 0.3) is 5.91 Å². The Hall–Kier alpha value is -4.41. The number of fused-ring (bicyclic) bond motifs is 1. The average Bonchev–Trinajstić information content (AvgIpc) is 3.56. The highest BCUT2D eigenvalue weighted by molar-refractivity contribution is 6.12. The summed E-state index contributed by atoms with van der Waals surface area (Å²) in [5, 5.41) is 3.70. The number of hydrogen-bond acceptors (Lipinski definition) is 5. The summed E-state index contributed by atoms with van der Waals surface area (Å²) >= 11 is 0. The lowest BCUT2D eigenvalue weighted by molar-refractivity contribution is -0.0387. The number of nitrogens with one attached hydrogen (secondary N) is 2. The molecular formula is C30H32F3N7O. The maximum Gasteiger partial charge on any atom is 0.275 e. The van der Waals surface area contributed by atoms with Crippen LogP contribution in [0.5, 0.6) is 0 Å². The van der Waals surface area contributed by atoms with Crippen LogP contribution in [0.25, 0.3) is 16.5 Å². The third kappa shape index (κ3) is 6.50. The summed E-state index contributed by atoms with van der Waals surface area (Å²) in [5.41, 5.74) is 9.87. The number of nitrogens with zero attached hydrogens (tertiary/aromatic N) is 4. The minimum atomic E-state index is -2.68. The summed E-state index contributed by atoms with van der Waals surface area (Å²) < 4.78 is 43.4. The van der Waals surface area contributed by atoms with E-state index in [0.717, 1.165) is 22.0 Å². The van der Waals surface area contributed by atoms with Gasteiger partial charge >= 0.3 is 0 Å². The number of imidazole rings is 1. The minimum Gasteiger partial charge on any atom is -0.404 e. The molecule has 4 N–H and O–H groups in total. The second-order valence-electron chi connectivity index (χ2n) is 10.7. The number of benzene rings is 1. The van der Waals surface area contributed by atoms with Crippen LogP contribution in [0, 0.1) is 5.82 Å². The first-order valence-corrected chi connectivity index (χ1v) is 13.5. The summed E-state index contributed by atoms with van der Waals surface area (Å²) in [6.07, 6.45) is 9.47. The van der Waals surface area contributed by atoms with Crippen molar-refractivity contribution >= 4 is 34.3 Å². The highest BCUT2D eigenvalue weighted by atomic mass is 19.3. The SMILES string of the molecule is CC(C)N=C/C(=C\N)c1ccc2[nH]cc(NC(=O)c3cn(Cc4cnc(C5CCC(F)(F)CC5)c(F)c4)cn3)c2c1. The van der Waals surface area contributed by atoms with Gasteiger partial charge in [-0.1, -0.05) is 6.07 Å². The molecule has 0 spiro atoms. The van der Waals surface area contributed by atoms with Gasteiger partial charge in [-0.05, 0) is 56.0 Å². The first-order chi connectivity index (χ1) is 19.6. The predicted molar refractivity (Wildman–Crippen MR) is 154 cm³/mol. The van der Waals surface area contributed by atoms with Crippen molar-refractivity contribution in [3.8, 4) is 0 Å². The van der Waals surface area contributed by atoms with E-state index in [4.69, 9.17) is 5.73 Å². The van der Waals surface area contributed by atoms with Crippen LogP contribution in [-0.4, -0.2) is 43.6 Å². The number of pyridine rings is 1. The molecule has 0 radical (unpaired) electrons. The Morgan fingerprint density at radius 1 is 1.27 bits per heavy atom. The van der Waals surface area contributed by atoms with Gasteiger partial charge in [0.05, 0.1) is 24.3 Å². The van der Waals surface area contributed by atoms with Crippen LogP contribution >= 0.6 is 0 Å². The summed E-state index contributed by atoms with van der Waals surface area (Å²) in [6, 6.07) is 7.26. The standard InChI is InChI=1S/C30H32F3N7O/c1-18(2)35-13-22(11-34)21-3-4-25-23(10-21)26(14-36-25)39-29(41)27-16-40(17-38-27)15-19-9-24(31)28(37-12-19)20-5-7-30(32,33)8-6-20/h3-4,9-14,16-18,20,36H,5-8,15,34H2,1-2H3,(H,39,41)/b22-11+,35-13?. The number of nitrogens with two attached hydrogens (primary N) is 1. The number of carbonyl (C=O) groups excluding carboxylic acids is 1. The van der Waals surface area contributed by atoms with Crippen LogP contribution in [0.15, 0.2) is 60.4 Å². The van der Waals surface area contributed by atoms with Crippen molar-refractivity contribution in [1.29, 1.82) is 0 Å². The van der Waals surface area contributed by atoms with Gasteiger partial charge in [-0.15, -0.1) is 0 Å². The number of anilines is 1. The third-order valence-corrected chi connectivity index (χ3v) is 7.22. The first-order valence-electron chi connectivity index (χ1n) is 13.5. The zero-order valence-corrected chi connectivity index (χ0v) is 22.9. The molecule has 0 atom stereocenters. The summed E-state index contributed by atoms with van der Waals surface area (Å²) in [6.45, 7) is 4.20. The molecule has 0 bridgehead atoms. The Labute approximate surface area is 235 Å². The van der Waals surface area contributed by atoms with Crippen LogP contribution in [-0.2, 0) is 6.54 Å². The Morgan fingerprint density at radius 3 is 2.76 bits per heavy atom. The highest BCUT2D eigenvalue weighted by Gasteiger charge is 2.36. The molecule has 3 heterocycles. The molecule has 1 aliphatic rings. The van der Waals surface area contributed by atoms with E-state index < -0.39 is 17.6 Å². The number of aromatic nitrogens is 4. The Bertz CT molecular complexity index is 1610. The van der Waals surface area contributed by atoms with Crippen molar-refractivity contribution in [2.45, 2.75) is 64.0 Å². The largest absolute Gasteiger partial charge is 0.404 e. The molecule has 8 nitrogen and oxygen atoms in total. The number of aromatic amines is 1. The number of carbonyl (C=O) groups is 1. The second kappa shape index (κ2) is 11.6. The molecule has 11 heteroatoms. The first kappa shape index (κ1) is 28.1. The molecule has 1 amide bonds. The fraction of sp³-hybridized carbons (Fsp3) is 0.333. The number of allylic oxidation sites excluding steroid dienone is 1. The molecule has 214 valence electrons. The van der Waals surface area contributed by atoms with Crippen molar-refractivity contribution in [3.63, 3.8) is 0 Å². The van der Waals surface area contributed by atoms with Gasteiger partial charge in [0, 0.05) is 72.3 Å². The fourth-order valence-electron chi connectivity index (χ4n) is 5.00. The zero-order chi connectivity index (χ0) is 29.1. The minimum absolute atomic E-state index is 0.130. The summed E-state index contributed by atoms with van der Waals surface area (Å²) in [5.74, 6) is -3.89. The summed E-state index contributed by atoms with van der Waals surface area (Å²) in [4.78, 5) is 29.0. The number of alkyl halides is 2. The molecule has 4 aromatic rings.